The molecule has 3 heterocycles. The lowest BCUT2D eigenvalue weighted by Gasteiger charge is -2.25. The quantitative estimate of drug-likeness (QED) is 0.186. The number of fused-ring (bicyclic) bond motifs is 1. The van der Waals surface area contributed by atoms with Crippen molar-refractivity contribution >= 4 is 63.9 Å². The van der Waals surface area contributed by atoms with E-state index in [2.05, 4.69) is 0 Å². The number of furan rings is 1. The summed E-state index contributed by atoms with van der Waals surface area (Å²) in [6.07, 6.45) is 1.65. The molecule has 1 aliphatic rings. The Morgan fingerprint density at radius 1 is 1.00 bits per heavy atom. The van der Waals surface area contributed by atoms with Crippen molar-refractivity contribution in [2.24, 2.45) is 4.99 Å². The molecule has 0 amide bonds. The van der Waals surface area contributed by atoms with Crippen LogP contribution >= 0.6 is 46.1 Å². The molecule has 0 unspecified atom stereocenters. The van der Waals surface area contributed by atoms with Crippen molar-refractivity contribution in [2.45, 2.75) is 13.0 Å². The van der Waals surface area contributed by atoms with Crippen molar-refractivity contribution in [3.8, 4) is 11.3 Å². The van der Waals surface area contributed by atoms with Gasteiger partial charge in [0.25, 0.3) is 5.56 Å². The molecule has 2 aromatic heterocycles. The third kappa shape index (κ3) is 5.37. The summed E-state index contributed by atoms with van der Waals surface area (Å²) in [5.74, 6) is 0.405. The second kappa shape index (κ2) is 11.8. The second-order valence-electron chi connectivity index (χ2n) is 9.31. The first kappa shape index (κ1) is 28.2. The zero-order valence-corrected chi connectivity index (χ0v) is 25.1. The van der Waals surface area contributed by atoms with Crippen LogP contribution in [0, 0.1) is 0 Å². The Labute approximate surface area is 259 Å². The van der Waals surface area contributed by atoms with Gasteiger partial charge < -0.3 is 9.15 Å². The summed E-state index contributed by atoms with van der Waals surface area (Å²) in [4.78, 5) is 32.8. The molecule has 0 N–H and O–H groups in total. The largest absolute Gasteiger partial charge is 0.463 e. The summed E-state index contributed by atoms with van der Waals surface area (Å²) >= 11 is 19.9. The van der Waals surface area contributed by atoms with Crippen LogP contribution in [0.1, 0.15) is 29.9 Å². The van der Waals surface area contributed by atoms with Crippen molar-refractivity contribution < 1.29 is 13.9 Å². The SMILES string of the molecule is CCOC(=O)C1=C(c2ccccc2)N=c2s/c(=C\c3ccc(-c4cc(Cl)ccc4Cl)o3)c(=O)n2[C@H]1c1ccc(Cl)cc1. The zero-order valence-electron chi connectivity index (χ0n) is 22.0. The second-order valence-corrected chi connectivity index (χ2v) is 11.6. The number of carbonyl (C=O) groups is 1. The van der Waals surface area contributed by atoms with E-state index < -0.39 is 12.0 Å². The molecule has 1 aliphatic heterocycles. The molecule has 0 fully saturated rings. The minimum atomic E-state index is -0.799. The molecule has 0 aliphatic carbocycles. The molecule has 3 aromatic carbocycles. The van der Waals surface area contributed by atoms with Gasteiger partial charge in [-0.15, -0.1) is 0 Å². The first-order valence-corrected chi connectivity index (χ1v) is 14.9. The molecule has 0 radical (unpaired) electrons. The molecule has 0 spiro atoms. The van der Waals surface area contributed by atoms with E-state index in [4.69, 9.17) is 48.9 Å². The minimum Gasteiger partial charge on any atom is -0.463 e. The van der Waals surface area contributed by atoms with Crippen LogP contribution in [0.4, 0.5) is 0 Å². The number of esters is 1. The average molecular weight is 636 g/mol. The molecule has 5 aromatic rings. The minimum absolute atomic E-state index is 0.166. The fourth-order valence-corrected chi connectivity index (χ4v) is 6.28. The molecule has 42 heavy (non-hydrogen) atoms. The van der Waals surface area contributed by atoms with Gasteiger partial charge in [0.1, 0.15) is 11.5 Å². The molecule has 1 atom stereocenters. The van der Waals surface area contributed by atoms with Crippen LogP contribution in [0.5, 0.6) is 0 Å². The molecule has 210 valence electrons. The lowest BCUT2D eigenvalue weighted by Crippen LogP contribution is -2.39. The monoisotopic (exact) mass is 634 g/mol. The number of benzene rings is 3. The van der Waals surface area contributed by atoms with Crippen molar-refractivity contribution in [3.63, 3.8) is 0 Å². The van der Waals surface area contributed by atoms with Crippen LogP contribution in [0.2, 0.25) is 15.1 Å². The normalized spacial score (nSPS) is 15.0. The van der Waals surface area contributed by atoms with E-state index in [0.717, 1.165) is 5.56 Å². The van der Waals surface area contributed by atoms with E-state index in [1.165, 1.54) is 15.9 Å². The van der Waals surface area contributed by atoms with Gasteiger partial charge in [-0.2, -0.15) is 0 Å². The molecule has 0 saturated heterocycles. The smallest absolute Gasteiger partial charge is 0.338 e. The Balaban J connectivity index is 1.56. The van der Waals surface area contributed by atoms with Crippen LogP contribution in [-0.4, -0.2) is 17.1 Å². The van der Waals surface area contributed by atoms with Crippen LogP contribution in [-0.2, 0) is 9.53 Å². The number of ether oxygens (including phenoxy) is 1. The molecular formula is C32H21Cl3N2O4S. The standard InChI is InChI=1S/C32H21Cl3N2O4S/c1-2-40-31(39)27-28(18-6-4-3-5-7-18)36-32-37(29(27)19-8-10-20(33)11-9-19)30(38)26(42-32)17-22-13-15-25(41-22)23-16-21(34)12-14-24(23)35/h3-17,29H,2H2,1H3/b26-17-/t29-/m0/s1. The number of hydrogen-bond donors (Lipinski definition) is 0. The first-order valence-electron chi connectivity index (χ1n) is 12.9. The zero-order chi connectivity index (χ0) is 29.4. The number of carbonyl (C=O) groups excluding carboxylic acids is 1. The highest BCUT2D eigenvalue weighted by Crippen LogP contribution is 2.36. The number of nitrogens with zero attached hydrogens (tertiary/aromatic N) is 2. The highest BCUT2D eigenvalue weighted by Gasteiger charge is 2.35. The predicted octanol–water partition coefficient (Wildman–Crippen LogP) is 7.16. The Morgan fingerprint density at radius 3 is 2.48 bits per heavy atom. The van der Waals surface area contributed by atoms with E-state index in [1.54, 1.807) is 67.6 Å². The predicted molar refractivity (Wildman–Crippen MR) is 167 cm³/mol. The van der Waals surface area contributed by atoms with Crippen molar-refractivity contribution in [1.29, 1.82) is 0 Å². The third-order valence-corrected chi connectivity index (χ3v) is 8.45. The van der Waals surface area contributed by atoms with Gasteiger partial charge in [-0.25, -0.2) is 9.79 Å². The van der Waals surface area contributed by atoms with Crippen molar-refractivity contribution in [3.05, 3.63) is 142 Å². The molecular weight excluding hydrogens is 615 g/mol. The van der Waals surface area contributed by atoms with Gasteiger partial charge >= 0.3 is 5.97 Å². The van der Waals surface area contributed by atoms with Crippen LogP contribution in [0.3, 0.4) is 0 Å². The van der Waals surface area contributed by atoms with E-state index in [9.17, 15) is 9.59 Å². The molecule has 6 nitrogen and oxygen atoms in total. The van der Waals surface area contributed by atoms with E-state index in [-0.39, 0.29) is 17.7 Å². The number of thiazole rings is 1. The Kier molecular flexibility index (Phi) is 7.92. The summed E-state index contributed by atoms with van der Waals surface area (Å²) in [5.41, 5.74) is 2.43. The maximum Gasteiger partial charge on any atom is 0.338 e. The third-order valence-electron chi connectivity index (χ3n) is 6.65. The van der Waals surface area contributed by atoms with Crippen LogP contribution in [0.25, 0.3) is 23.1 Å². The summed E-state index contributed by atoms with van der Waals surface area (Å²) in [5, 5.41) is 1.54. The fraction of sp³-hybridized carbons (Fsp3) is 0.0938. The number of aromatic nitrogens is 1. The summed E-state index contributed by atoms with van der Waals surface area (Å²) in [7, 11) is 0. The summed E-state index contributed by atoms with van der Waals surface area (Å²) in [6, 6.07) is 24.2. The molecule has 0 saturated carbocycles. The van der Waals surface area contributed by atoms with Gasteiger partial charge in [0.05, 0.1) is 33.5 Å². The molecule has 6 rings (SSSR count). The van der Waals surface area contributed by atoms with Gasteiger partial charge in [0.15, 0.2) is 4.80 Å². The highest BCUT2D eigenvalue weighted by atomic mass is 35.5. The van der Waals surface area contributed by atoms with Gasteiger partial charge in [0, 0.05) is 27.2 Å². The Morgan fingerprint density at radius 2 is 1.74 bits per heavy atom. The van der Waals surface area contributed by atoms with Crippen molar-refractivity contribution in [2.75, 3.05) is 6.61 Å². The number of rotatable bonds is 6. The lowest BCUT2D eigenvalue weighted by molar-refractivity contribution is -0.138. The summed E-state index contributed by atoms with van der Waals surface area (Å²) in [6.45, 7) is 1.90. The summed E-state index contributed by atoms with van der Waals surface area (Å²) < 4.78 is 13.4. The number of halogens is 3. The fourth-order valence-electron chi connectivity index (χ4n) is 4.79. The Hall–Kier alpha value is -3.88. The van der Waals surface area contributed by atoms with Crippen molar-refractivity contribution in [1.82, 2.24) is 4.57 Å². The topological polar surface area (TPSA) is 73.8 Å². The highest BCUT2D eigenvalue weighted by molar-refractivity contribution is 7.07. The Bertz CT molecular complexity index is 2030. The maximum absolute atomic E-state index is 14.0. The van der Waals surface area contributed by atoms with E-state index in [1.807, 2.05) is 30.3 Å². The molecule has 0 bridgehead atoms. The van der Waals surface area contributed by atoms with Gasteiger partial charge in [0.2, 0.25) is 0 Å². The molecule has 10 heteroatoms. The average Bonchev–Trinajstić information content (AvgIpc) is 3.58. The number of hydrogen-bond acceptors (Lipinski definition) is 6. The lowest BCUT2D eigenvalue weighted by atomic mass is 9.93. The van der Waals surface area contributed by atoms with Gasteiger partial charge in [-0.3, -0.25) is 9.36 Å². The van der Waals surface area contributed by atoms with E-state index >= 15 is 0 Å². The van der Waals surface area contributed by atoms with Gasteiger partial charge in [-0.1, -0.05) is 88.6 Å². The van der Waals surface area contributed by atoms with Gasteiger partial charge in [-0.05, 0) is 55.0 Å². The van der Waals surface area contributed by atoms with E-state index in [0.29, 0.717) is 52.7 Å². The van der Waals surface area contributed by atoms with Crippen LogP contribution < -0.4 is 14.9 Å². The van der Waals surface area contributed by atoms with Crippen LogP contribution in [0.15, 0.2) is 105 Å². The first-order chi connectivity index (χ1) is 20.3. The maximum atomic E-state index is 14.0.